The third-order valence-corrected chi connectivity index (χ3v) is 5.86. The zero-order valence-electron chi connectivity index (χ0n) is 14.8. The van der Waals surface area contributed by atoms with Gasteiger partial charge in [0.2, 0.25) is 5.91 Å². The zero-order chi connectivity index (χ0) is 19.9. The van der Waals surface area contributed by atoms with Crippen molar-refractivity contribution in [3.8, 4) is 0 Å². The van der Waals surface area contributed by atoms with Crippen LogP contribution in [0.1, 0.15) is 22.5 Å². The number of nitrogens with zero attached hydrogens (tertiary/aromatic N) is 1. The van der Waals surface area contributed by atoms with Crippen LogP contribution >= 0.6 is 0 Å². The number of hydrogen-bond acceptors (Lipinski definition) is 6. The summed E-state index contributed by atoms with van der Waals surface area (Å²) in [7, 11) is -2.62. The molecular weight excluding hydrogens is 384 g/mol. The van der Waals surface area contributed by atoms with E-state index in [9.17, 15) is 18.0 Å². The second-order valence-corrected chi connectivity index (χ2v) is 7.98. The summed E-state index contributed by atoms with van der Waals surface area (Å²) in [5, 5.41) is 9.77. The van der Waals surface area contributed by atoms with E-state index < -0.39 is 16.0 Å². The van der Waals surface area contributed by atoms with E-state index in [0.717, 1.165) is 5.56 Å². The monoisotopic (exact) mass is 400 g/mol. The van der Waals surface area contributed by atoms with Gasteiger partial charge in [0, 0.05) is 23.2 Å². The van der Waals surface area contributed by atoms with Crippen LogP contribution in [0.2, 0.25) is 0 Å². The summed E-state index contributed by atoms with van der Waals surface area (Å²) in [5.74, 6) is -0.709. The molecule has 2 heterocycles. The van der Waals surface area contributed by atoms with Gasteiger partial charge in [0.15, 0.2) is 5.69 Å². The summed E-state index contributed by atoms with van der Waals surface area (Å²) < 4.78 is 32.8. The minimum absolute atomic E-state index is 0.0723. The highest BCUT2D eigenvalue weighted by atomic mass is 32.2. The Labute approximate surface area is 160 Å². The maximum atomic E-state index is 12.8. The summed E-state index contributed by atoms with van der Waals surface area (Å²) in [4.78, 5) is 23.3. The van der Waals surface area contributed by atoms with E-state index in [2.05, 4.69) is 25.0 Å². The summed E-state index contributed by atoms with van der Waals surface area (Å²) in [6, 6.07) is 9.26. The maximum absolute atomic E-state index is 12.8. The van der Waals surface area contributed by atoms with Crippen LogP contribution in [-0.2, 0) is 26.0 Å². The van der Waals surface area contributed by atoms with Crippen LogP contribution in [0.25, 0.3) is 10.9 Å². The Bertz CT molecular complexity index is 1220. The number of nitrogens with one attached hydrogen (secondary N) is 3. The van der Waals surface area contributed by atoms with Crippen molar-refractivity contribution in [3.63, 3.8) is 0 Å². The molecule has 0 bridgehead atoms. The molecule has 1 aliphatic heterocycles. The third-order valence-electron chi connectivity index (χ3n) is 4.48. The van der Waals surface area contributed by atoms with E-state index in [4.69, 9.17) is 0 Å². The van der Waals surface area contributed by atoms with Crippen LogP contribution in [0, 0.1) is 0 Å². The smallest absolute Gasteiger partial charge is 0.359 e. The fourth-order valence-electron chi connectivity index (χ4n) is 3.07. The van der Waals surface area contributed by atoms with Crippen molar-refractivity contribution in [2.75, 3.05) is 17.1 Å². The number of aryl methyl sites for hydroxylation is 1. The predicted molar refractivity (Wildman–Crippen MR) is 102 cm³/mol. The molecule has 0 fully saturated rings. The van der Waals surface area contributed by atoms with Crippen molar-refractivity contribution >= 4 is 44.2 Å². The third kappa shape index (κ3) is 3.18. The van der Waals surface area contributed by atoms with Crippen LogP contribution in [0.5, 0.6) is 0 Å². The Kier molecular flexibility index (Phi) is 4.27. The molecule has 0 radical (unpaired) electrons. The van der Waals surface area contributed by atoms with Crippen LogP contribution < -0.4 is 10.0 Å². The molecule has 4 rings (SSSR count). The van der Waals surface area contributed by atoms with Gasteiger partial charge in [0.05, 0.1) is 17.5 Å². The Morgan fingerprint density at radius 3 is 2.79 bits per heavy atom. The number of esters is 1. The van der Waals surface area contributed by atoms with Crippen molar-refractivity contribution in [1.82, 2.24) is 10.2 Å². The number of sulfonamides is 1. The highest BCUT2D eigenvalue weighted by Crippen LogP contribution is 2.27. The van der Waals surface area contributed by atoms with Crippen LogP contribution in [0.4, 0.5) is 11.4 Å². The molecular formula is C18H16N4O5S. The van der Waals surface area contributed by atoms with Crippen molar-refractivity contribution in [1.29, 1.82) is 0 Å². The van der Waals surface area contributed by atoms with E-state index >= 15 is 0 Å². The number of ether oxygens (including phenoxy) is 1. The first-order valence-corrected chi connectivity index (χ1v) is 9.88. The van der Waals surface area contributed by atoms with Crippen molar-refractivity contribution < 1.29 is 22.7 Å². The Hall–Kier alpha value is -3.40. The lowest BCUT2D eigenvalue weighted by atomic mass is 10.0. The molecule has 1 aromatic heterocycles. The van der Waals surface area contributed by atoms with Gasteiger partial charge in [-0.3, -0.25) is 14.6 Å². The van der Waals surface area contributed by atoms with Gasteiger partial charge in [-0.25, -0.2) is 13.2 Å². The number of rotatable bonds is 4. The van der Waals surface area contributed by atoms with Gasteiger partial charge in [-0.2, -0.15) is 5.10 Å². The van der Waals surface area contributed by atoms with Crippen LogP contribution in [-0.4, -0.2) is 37.6 Å². The van der Waals surface area contributed by atoms with Crippen molar-refractivity contribution in [3.05, 3.63) is 47.7 Å². The van der Waals surface area contributed by atoms with E-state index in [0.29, 0.717) is 29.4 Å². The molecule has 1 amide bonds. The molecule has 28 heavy (non-hydrogen) atoms. The van der Waals surface area contributed by atoms with Crippen molar-refractivity contribution in [2.24, 2.45) is 0 Å². The second-order valence-electron chi connectivity index (χ2n) is 6.30. The lowest BCUT2D eigenvalue weighted by Crippen LogP contribution is -2.20. The van der Waals surface area contributed by atoms with E-state index in [1.807, 2.05) is 0 Å². The summed E-state index contributed by atoms with van der Waals surface area (Å²) in [6.45, 7) is 0. The number of amides is 1. The van der Waals surface area contributed by atoms with Crippen LogP contribution in [0.15, 0.2) is 41.3 Å². The molecule has 2 aromatic carbocycles. The molecule has 0 saturated heterocycles. The van der Waals surface area contributed by atoms with Crippen LogP contribution in [0.3, 0.4) is 0 Å². The van der Waals surface area contributed by atoms with Gasteiger partial charge in [0.1, 0.15) is 0 Å². The number of methoxy groups -OCH3 is 1. The number of hydrogen-bond donors (Lipinski definition) is 3. The van der Waals surface area contributed by atoms with Gasteiger partial charge < -0.3 is 10.1 Å². The molecule has 0 spiro atoms. The number of H-pyrrole nitrogens is 1. The fourth-order valence-corrected chi connectivity index (χ4v) is 4.17. The molecule has 0 saturated carbocycles. The molecule has 144 valence electrons. The van der Waals surface area contributed by atoms with Gasteiger partial charge in [-0.15, -0.1) is 0 Å². The number of aromatic amines is 1. The average Bonchev–Trinajstić information content (AvgIpc) is 3.09. The van der Waals surface area contributed by atoms with Gasteiger partial charge in [0.25, 0.3) is 10.0 Å². The minimum atomic E-state index is -3.86. The molecule has 3 N–H and O–H groups in total. The number of carbonyl (C=O) groups excluding carboxylic acids is 2. The number of benzene rings is 2. The maximum Gasteiger partial charge on any atom is 0.359 e. The highest BCUT2D eigenvalue weighted by Gasteiger charge is 2.21. The summed E-state index contributed by atoms with van der Waals surface area (Å²) >= 11 is 0. The molecule has 0 atom stereocenters. The lowest BCUT2D eigenvalue weighted by molar-refractivity contribution is -0.116. The first-order chi connectivity index (χ1) is 13.4. The molecule has 9 nitrogen and oxygen atoms in total. The molecule has 1 aliphatic rings. The standard InChI is InChI=1S/C18H16N4O5S/c1-27-18(24)17-13-9-11(3-5-15(13)20-21-17)22-28(25,26)12-4-6-14-10(8-12)2-7-16(23)19-14/h3-6,8-9,22H,2,7H2,1H3,(H,19,23)(H,20,21). The number of carbonyl (C=O) groups is 2. The first-order valence-electron chi connectivity index (χ1n) is 8.39. The fraction of sp³-hybridized carbons (Fsp3) is 0.167. The van der Waals surface area contributed by atoms with E-state index in [-0.39, 0.29) is 22.2 Å². The number of fused-ring (bicyclic) bond motifs is 2. The molecule has 3 aromatic rings. The topological polar surface area (TPSA) is 130 Å². The SMILES string of the molecule is COC(=O)c1n[nH]c2ccc(NS(=O)(=O)c3ccc4c(c3)CCC(=O)N4)cc12. The first kappa shape index (κ1) is 18.0. The van der Waals surface area contributed by atoms with E-state index in [1.165, 1.54) is 19.2 Å². The second kappa shape index (κ2) is 6.64. The molecule has 0 aliphatic carbocycles. The predicted octanol–water partition coefficient (Wildman–Crippen LogP) is 2.03. The average molecular weight is 400 g/mol. The number of anilines is 2. The Balaban J connectivity index is 1.66. The van der Waals surface area contributed by atoms with Gasteiger partial charge >= 0.3 is 5.97 Å². The molecule has 0 unspecified atom stereocenters. The Morgan fingerprint density at radius 2 is 2.00 bits per heavy atom. The largest absolute Gasteiger partial charge is 0.464 e. The van der Waals surface area contributed by atoms with Gasteiger partial charge in [-0.05, 0) is 48.4 Å². The quantitative estimate of drug-likeness (QED) is 0.575. The summed E-state index contributed by atoms with van der Waals surface area (Å²) in [6.07, 6.45) is 0.797. The lowest BCUT2D eigenvalue weighted by Gasteiger charge is -2.18. The van der Waals surface area contributed by atoms with Gasteiger partial charge in [-0.1, -0.05) is 0 Å². The zero-order valence-corrected chi connectivity index (χ0v) is 15.6. The summed E-state index contributed by atoms with van der Waals surface area (Å²) in [5.41, 5.74) is 2.32. The normalized spacial score (nSPS) is 13.7. The Morgan fingerprint density at radius 1 is 1.18 bits per heavy atom. The molecule has 10 heteroatoms. The number of aromatic nitrogens is 2. The van der Waals surface area contributed by atoms with Crippen molar-refractivity contribution in [2.45, 2.75) is 17.7 Å². The van der Waals surface area contributed by atoms with E-state index in [1.54, 1.807) is 24.3 Å². The minimum Gasteiger partial charge on any atom is -0.464 e. The highest BCUT2D eigenvalue weighted by molar-refractivity contribution is 7.92.